The summed E-state index contributed by atoms with van der Waals surface area (Å²) in [6.07, 6.45) is 3.18. The number of benzene rings is 2. The Morgan fingerprint density at radius 1 is 1.23 bits per heavy atom. The van der Waals surface area contributed by atoms with Gasteiger partial charge in [-0.1, -0.05) is 34.6 Å². The van der Waals surface area contributed by atoms with Crippen molar-refractivity contribution < 1.29 is 28.6 Å². The molecule has 2 heterocycles. The Balaban J connectivity index is 1.64. The van der Waals surface area contributed by atoms with Crippen LogP contribution in [0.2, 0.25) is 0 Å². The lowest BCUT2D eigenvalue weighted by Gasteiger charge is -2.18. The highest BCUT2D eigenvalue weighted by atomic mass is 32.2. The van der Waals surface area contributed by atoms with Crippen LogP contribution in [0.3, 0.4) is 0 Å². The van der Waals surface area contributed by atoms with Gasteiger partial charge in [-0.2, -0.15) is 0 Å². The zero-order chi connectivity index (χ0) is 24.8. The first-order chi connectivity index (χ1) is 17.0. The van der Waals surface area contributed by atoms with E-state index in [0.717, 1.165) is 11.8 Å². The van der Waals surface area contributed by atoms with Gasteiger partial charge in [0, 0.05) is 11.3 Å². The number of nitrogens with zero attached hydrogens (tertiary/aromatic N) is 5. The standard InChI is InChI=1S/C24H23N5O5S/c1-4-28-14-22(34-27-28)26-21(30)15-35-24-25-19(23(31)29(24)17-8-6-5-7-9-17)13-16-12-18(32-2)10-11-20(16)33-3/h5-14H,4,15H2,1-3H3/b19-13+. The Labute approximate surface area is 206 Å². The third-order valence-electron chi connectivity index (χ3n) is 4.96. The molecule has 0 unspecified atom stereocenters. The predicted molar refractivity (Wildman–Crippen MR) is 131 cm³/mol. The van der Waals surface area contributed by atoms with E-state index < -0.39 is 5.90 Å². The third-order valence-corrected chi connectivity index (χ3v) is 5.88. The number of thioether (sulfide) groups is 1. The van der Waals surface area contributed by atoms with Crippen LogP contribution in [0.1, 0.15) is 12.5 Å². The Kier molecular flexibility index (Phi) is 7.46. The lowest BCUT2D eigenvalue weighted by atomic mass is 10.1. The van der Waals surface area contributed by atoms with E-state index in [1.54, 1.807) is 50.6 Å². The number of methoxy groups -OCH3 is 2. The van der Waals surface area contributed by atoms with Crippen molar-refractivity contribution in [2.24, 2.45) is 9.98 Å². The maximum atomic E-state index is 13.4. The van der Waals surface area contributed by atoms with E-state index in [1.165, 1.54) is 15.8 Å². The number of rotatable bonds is 8. The van der Waals surface area contributed by atoms with Gasteiger partial charge in [0.05, 0.1) is 19.9 Å². The Morgan fingerprint density at radius 3 is 2.71 bits per heavy atom. The van der Waals surface area contributed by atoms with E-state index >= 15 is 0 Å². The van der Waals surface area contributed by atoms with E-state index in [-0.39, 0.29) is 23.2 Å². The summed E-state index contributed by atoms with van der Waals surface area (Å²) in [6, 6.07) is 14.4. The normalized spacial score (nSPS) is 15.0. The number of carbonyl (C=O) groups excluding carboxylic acids is 1. The van der Waals surface area contributed by atoms with Crippen molar-refractivity contribution in [3.05, 3.63) is 66.0 Å². The lowest BCUT2D eigenvalue weighted by Crippen LogP contribution is -2.32. The van der Waals surface area contributed by atoms with Gasteiger partial charge in [-0.25, -0.2) is 9.98 Å². The number of aliphatic imine (C=N–C) groups is 2. The van der Waals surface area contributed by atoms with E-state index in [4.69, 9.17) is 14.0 Å². The summed E-state index contributed by atoms with van der Waals surface area (Å²) in [5.74, 6) is 0.492. The number of amidine groups is 1. The highest BCUT2D eigenvalue weighted by Crippen LogP contribution is 2.32. The van der Waals surface area contributed by atoms with Crippen LogP contribution in [0.5, 0.6) is 11.5 Å². The molecule has 35 heavy (non-hydrogen) atoms. The van der Waals surface area contributed by atoms with Gasteiger partial charge in [-0.05, 0) is 49.2 Å². The molecule has 0 spiro atoms. The van der Waals surface area contributed by atoms with Gasteiger partial charge in [-0.3, -0.25) is 14.2 Å². The van der Waals surface area contributed by atoms with Gasteiger partial charge < -0.3 is 14.6 Å². The van der Waals surface area contributed by atoms with Crippen LogP contribution in [0.25, 0.3) is 6.08 Å². The van der Waals surface area contributed by atoms with Gasteiger partial charge in [0.2, 0.25) is 5.27 Å². The summed E-state index contributed by atoms with van der Waals surface area (Å²) in [5.41, 5.74) is 1.47. The molecular formula is C24H23N5O5S. The van der Waals surface area contributed by atoms with Crippen molar-refractivity contribution in [2.75, 3.05) is 24.9 Å². The number of para-hydroxylation sites is 1. The lowest BCUT2D eigenvalue weighted by molar-refractivity contribution is -0.759. The summed E-state index contributed by atoms with van der Waals surface area (Å²) in [7, 11) is 3.11. The Bertz CT molecular complexity index is 1300. The molecular weight excluding hydrogens is 470 g/mol. The molecule has 2 aromatic carbocycles. The first-order valence-electron chi connectivity index (χ1n) is 10.7. The fraction of sp³-hybridized carbons (Fsp3) is 0.208. The highest BCUT2D eigenvalue weighted by molar-refractivity contribution is 8.14. The summed E-state index contributed by atoms with van der Waals surface area (Å²) >= 11 is 1.11. The van der Waals surface area contributed by atoms with Crippen molar-refractivity contribution in [3.63, 3.8) is 0 Å². The zero-order valence-electron chi connectivity index (χ0n) is 19.4. The second-order valence-corrected chi connectivity index (χ2v) is 8.14. The van der Waals surface area contributed by atoms with Crippen molar-refractivity contribution in [1.29, 1.82) is 0 Å². The van der Waals surface area contributed by atoms with Crippen molar-refractivity contribution in [1.82, 2.24) is 5.27 Å². The maximum Gasteiger partial charge on any atom is 0.320 e. The van der Waals surface area contributed by atoms with Gasteiger partial charge in [0.1, 0.15) is 17.2 Å². The van der Waals surface area contributed by atoms with Gasteiger partial charge >= 0.3 is 5.88 Å². The molecule has 1 aliphatic heterocycles. The molecule has 0 saturated heterocycles. The van der Waals surface area contributed by atoms with Crippen LogP contribution in [0.15, 0.2) is 74.9 Å². The van der Waals surface area contributed by atoms with E-state index in [0.29, 0.717) is 34.5 Å². The van der Waals surface area contributed by atoms with Crippen LogP contribution in [-0.4, -0.2) is 42.2 Å². The van der Waals surface area contributed by atoms with Crippen molar-refractivity contribution in [3.8, 4) is 11.5 Å². The molecule has 0 radical (unpaired) electrons. The van der Waals surface area contributed by atoms with Crippen molar-refractivity contribution in [2.45, 2.75) is 13.5 Å². The van der Waals surface area contributed by atoms with Crippen LogP contribution < -0.4 is 24.2 Å². The molecule has 1 aliphatic rings. The van der Waals surface area contributed by atoms with Gasteiger partial charge in [0.25, 0.3) is 12.1 Å². The minimum absolute atomic E-state index is 0.0436. The van der Waals surface area contributed by atoms with E-state index in [2.05, 4.69) is 15.3 Å². The summed E-state index contributed by atoms with van der Waals surface area (Å²) in [5, 5.41) is 16.5. The van der Waals surface area contributed by atoms with Crippen LogP contribution >= 0.6 is 11.8 Å². The van der Waals surface area contributed by atoms with Crippen LogP contribution in [0.4, 0.5) is 11.6 Å². The first kappa shape index (κ1) is 24.0. The molecule has 10 nitrogen and oxygen atoms in total. The quantitative estimate of drug-likeness (QED) is 0.205. The number of aromatic nitrogens is 2. The fourth-order valence-corrected chi connectivity index (χ4v) is 4.04. The fourth-order valence-electron chi connectivity index (χ4n) is 3.25. The number of carbonyl (C=O) groups is 1. The van der Waals surface area contributed by atoms with Crippen LogP contribution in [-0.2, 0) is 11.3 Å². The molecule has 180 valence electrons. The number of hydrogen-bond acceptors (Lipinski definition) is 9. The predicted octanol–water partition coefficient (Wildman–Crippen LogP) is 2.57. The number of hydrogen-bond donors (Lipinski definition) is 0. The first-order valence-corrected chi connectivity index (χ1v) is 11.7. The minimum Gasteiger partial charge on any atom is -0.861 e. The number of anilines is 1. The minimum atomic E-state index is -0.440. The maximum absolute atomic E-state index is 13.4. The molecule has 4 rings (SSSR count). The van der Waals surface area contributed by atoms with Crippen LogP contribution in [0, 0.1) is 0 Å². The molecule has 0 fully saturated rings. The second kappa shape index (κ2) is 10.9. The molecule has 0 aliphatic carbocycles. The number of amides is 1. The zero-order valence-corrected chi connectivity index (χ0v) is 20.2. The summed E-state index contributed by atoms with van der Waals surface area (Å²) < 4.78 is 17.3. The molecule has 0 N–H and O–H groups in total. The summed E-state index contributed by atoms with van der Waals surface area (Å²) in [4.78, 5) is 23.3. The molecule has 1 aromatic heterocycles. The van der Waals surface area contributed by atoms with Crippen molar-refractivity contribution >= 4 is 46.4 Å². The molecule has 1 amide bonds. The molecule has 0 bridgehead atoms. The Hall–Kier alpha value is -4.12. The van der Waals surface area contributed by atoms with Gasteiger partial charge in [-0.15, -0.1) is 0 Å². The average molecular weight is 494 g/mol. The van der Waals surface area contributed by atoms with E-state index in [9.17, 15) is 9.90 Å². The monoisotopic (exact) mass is 493 g/mol. The smallest absolute Gasteiger partial charge is 0.320 e. The number of aryl methyl sites for hydroxylation is 1. The Morgan fingerprint density at radius 2 is 2.03 bits per heavy atom. The molecule has 11 heteroatoms. The molecule has 0 saturated carbocycles. The largest absolute Gasteiger partial charge is 0.861 e. The molecule has 3 aromatic rings. The number of ether oxygens (including phenoxy) is 2. The second-order valence-electron chi connectivity index (χ2n) is 7.20. The van der Waals surface area contributed by atoms with Gasteiger partial charge in [0.15, 0.2) is 11.7 Å². The molecule has 0 atom stereocenters. The third kappa shape index (κ3) is 5.52. The SMILES string of the molecule is CC[n+]1cc(/N=C(/[O-])CSC2=N/C(=C/c3cc(OC)ccc3OC)C(=O)N2c2ccccc2)on1. The average Bonchev–Trinajstić information content (AvgIpc) is 3.46. The highest BCUT2D eigenvalue weighted by Gasteiger charge is 2.32. The van der Waals surface area contributed by atoms with E-state index in [1.807, 2.05) is 25.1 Å². The summed E-state index contributed by atoms with van der Waals surface area (Å²) in [6.45, 7) is 2.49. The topological polar surface area (TPSA) is 116 Å².